The molecule has 3 aromatic rings. The van der Waals surface area contributed by atoms with Crippen molar-refractivity contribution in [2.45, 2.75) is 37.5 Å². The summed E-state index contributed by atoms with van der Waals surface area (Å²) < 4.78 is 57.3. The lowest BCUT2D eigenvalue weighted by Gasteiger charge is -2.13. The molecule has 32 heavy (non-hydrogen) atoms. The van der Waals surface area contributed by atoms with Crippen molar-refractivity contribution in [3.05, 3.63) is 77.1 Å². The number of sulfonamides is 2. The second-order valence-electron chi connectivity index (χ2n) is 7.25. The van der Waals surface area contributed by atoms with E-state index in [1.165, 1.54) is 24.3 Å². The molecule has 0 saturated heterocycles. The van der Waals surface area contributed by atoms with Gasteiger partial charge in [0.15, 0.2) is 0 Å². The van der Waals surface area contributed by atoms with E-state index < -0.39 is 26.0 Å². The van der Waals surface area contributed by atoms with E-state index >= 15 is 0 Å². The van der Waals surface area contributed by atoms with Crippen LogP contribution in [0.3, 0.4) is 0 Å². The van der Waals surface area contributed by atoms with Crippen LogP contribution in [0, 0.1) is 27.7 Å². The molecule has 0 aliphatic carbocycles. The normalized spacial score (nSPS) is 12.4. The van der Waals surface area contributed by atoms with Crippen molar-refractivity contribution in [1.82, 2.24) is 14.7 Å². The van der Waals surface area contributed by atoms with Crippen molar-refractivity contribution in [2.24, 2.45) is 4.40 Å². The number of nitrogens with zero attached hydrogens (tertiary/aromatic N) is 3. The van der Waals surface area contributed by atoms with Gasteiger partial charge in [-0.15, -0.1) is 4.40 Å². The van der Waals surface area contributed by atoms with Gasteiger partial charge in [-0.05, 0) is 58.0 Å². The molecule has 0 unspecified atom stereocenters. The first-order chi connectivity index (χ1) is 14.9. The Kier molecular flexibility index (Phi) is 6.60. The number of nitrogens with one attached hydrogen (secondary N) is 2. The van der Waals surface area contributed by atoms with Crippen LogP contribution >= 0.6 is 0 Å². The van der Waals surface area contributed by atoms with Crippen LogP contribution in [-0.2, 0) is 20.0 Å². The molecule has 0 atom stereocenters. The molecule has 0 aliphatic rings. The molecule has 11 heteroatoms. The Bertz CT molecular complexity index is 1350. The Morgan fingerprint density at radius 2 is 1.22 bits per heavy atom. The molecule has 0 saturated carbocycles. The van der Waals surface area contributed by atoms with Gasteiger partial charge in [0, 0.05) is 11.4 Å². The molecular formula is C21H23N5O4S2. The highest BCUT2D eigenvalue weighted by Crippen LogP contribution is 2.15. The van der Waals surface area contributed by atoms with Gasteiger partial charge in [0.05, 0.1) is 9.79 Å². The van der Waals surface area contributed by atoms with E-state index in [1.54, 1.807) is 44.2 Å². The number of anilines is 1. The van der Waals surface area contributed by atoms with Crippen LogP contribution in [0.15, 0.2) is 68.8 Å². The Labute approximate surface area is 187 Å². The predicted molar refractivity (Wildman–Crippen MR) is 122 cm³/mol. The highest BCUT2D eigenvalue weighted by Gasteiger charge is 2.21. The molecule has 0 radical (unpaired) electrons. The third-order valence-corrected chi connectivity index (χ3v) is 6.95. The summed E-state index contributed by atoms with van der Waals surface area (Å²) in [5.41, 5.74) is 2.97. The molecule has 0 aliphatic heterocycles. The summed E-state index contributed by atoms with van der Waals surface area (Å²) in [6.07, 6.45) is 0. The first kappa shape index (κ1) is 23.4. The summed E-state index contributed by atoms with van der Waals surface area (Å²) in [6, 6.07) is 13.9. The molecule has 2 N–H and O–H groups in total. The zero-order chi connectivity index (χ0) is 23.5. The molecule has 1 aromatic heterocycles. The van der Waals surface area contributed by atoms with Gasteiger partial charge in [0.25, 0.3) is 20.0 Å². The van der Waals surface area contributed by atoms with E-state index in [-0.39, 0.29) is 15.7 Å². The Balaban J connectivity index is 2.05. The van der Waals surface area contributed by atoms with E-state index in [0.717, 1.165) is 11.1 Å². The summed E-state index contributed by atoms with van der Waals surface area (Å²) in [4.78, 5) is 8.21. The highest BCUT2D eigenvalue weighted by molar-refractivity contribution is 7.91. The van der Waals surface area contributed by atoms with Crippen LogP contribution in [-0.4, -0.2) is 32.8 Å². The average molecular weight is 474 g/mol. The smallest absolute Gasteiger partial charge is 0.285 e. The second-order valence-corrected chi connectivity index (χ2v) is 10.5. The number of aryl methyl sites for hydroxylation is 4. The molecule has 0 bridgehead atoms. The fraction of sp³-hybridized carbons (Fsp3) is 0.190. The fourth-order valence-corrected chi connectivity index (χ4v) is 4.68. The summed E-state index contributed by atoms with van der Waals surface area (Å²) in [7, 11) is -8.38. The van der Waals surface area contributed by atoms with Gasteiger partial charge in [-0.1, -0.05) is 35.4 Å². The lowest BCUT2D eigenvalue weighted by atomic mass is 10.2. The number of benzene rings is 2. The molecule has 2 aromatic carbocycles. The van der Waals surface area contributed by atoms with E-state index in [9.17, 15) is 16.8 Å². The van der Waals surface area contributed by atoms with Crippen molar-refractivity contribution in [1.29, 1.82) is 0 Å². The van der Waals surface area contributed by atoms with Crippen LogP contribution in [0.5, 0.6) is 0 Å². The van der Waals surface area contributed by atoms with E-state index in [0.29, 0.717) is 11.4 Å². The SMILES string of the molecule is Cc1ccc(S(=O)(=O)N=C(Nc2nc(C)cc(C)n2)NS(=O)(=O)c2ccc(C)cc2)cc1. The summed E-state index contributed by atoms with van der Waals surface area (Å²) in [5.74, 6) is -0.539. The lowest BCUT2D eigenvalue weighted by Crippen LogP contribution is -2.37. The predicted octanol–water partition coefficient (Wildman–Crippen LogP) is 2.85. The van der Waals surface area contributed by atoms with Crippen molar-refractivity contribution in [2.75, 3.05) is 5.32 Å². The van der Waals surface area contributed by atoms with E-state index in [1.807, 2.05) is 13.8 Å². The summed E-state index contributed by atoms with van der Waals surface area (Å²) in [5, 5.41) is 2.59. The largest absolute Gasteiger partial charge is 0.293 e. The van der Waals surface area contributed by atoms with Gasteiger partial charge in [-0.25, -0.2) is 23.1 Å². The standard InChI is InChI=1S/C21H23N5O4S2/c1-14-5-9-18(10-6-14)31(27,28)25-21(24-20-22-16(3)13-17(4)23-20)26-32(29,30)19-11-7-15(2)8-12-19/h5-13H,1-4H3,(H2,22,23,24,25,26). The molecule has 0 spiro atoms. The van der Waals surface area contributed by atoms with Crippen molar-refractivity contribution in [3.63, 3.8) is 0 Å². The van der Waals surface area contributed by atoms with Gasteiger partial charge in [-0.3, -0.25) is 5.32 Å². The van der Waals surface area contributed by atoms with Gasteiger partial charge in [-0.2, -0.15) is 8.42 Å². The Hall–Kier alpha value is -3.31. The quantitative estimate of drug-likeness (QED) is 0.430. The van der Waals surface area contributed by atoms with E-state index in [2.05, 4.69) is 24.4 Å². The number of hydrogen-bond donors (Lipinski definition) is 2. The number of rotatable bonds is 5. The van der Waals surface area contributed by atoms with Gasteiger partial charge < -0.3 is 0 Å². The Morgan fingerprint density at radius 1 is 0.750 bits per heavy atom. The van der Waals surface area contributed by atoms with Gasteiger partial charge in [0.1, 0.15) is 0 Å². The minimum absolute atomic E-state index is 0.00645. The van der Waals surface area contributed by atoms with Crippen LogP contribution in [0.4, 0.5) is 5.95 Å². The highest BCUT2D eigenvalue weighted by atomic mass is 32.2. The van der Waals surface area contributed by atoms with Gasteiger partial charge in [0.2, 0.25) is 11.9 Å². The van der Waals surface area contributed by atoms with E-state index in [4.69, 9.17) is 0 Å². The first-order valence-corrected chi connectivity index (χ1v) is 12.5. The molecule has 9 nitrogen and oxygen atoms in total. The number of aromatic nitrogens is 2. The third-order valence-electron chi connectivity index (χ3n) is 4.31. The minimum Gasteiger partial charge on any atom is -0.293 e. The number of hydrogen-bond acceptors (Lipinski definition) is 6. The summed E-state index contributed by atoms with van der Waals surface area (Å²) in [6.45, 7) is 7.11. The minimum atomic E-state index is -4.23. The van der Waals surface area contributed by atoms with Crippen molar-refractivity contribution >= 4 is 32.0 Å². The first-order valence-electron chi connectivity index (χ1n) is 9.55. The monoisotopic (exact) mass is 473 g/mol. The molecular weight excluding hydrogens is 450 g/mol. The van der Waals surface area contributed by atoms with Crippen LogP contribution < -0.4 is 10.0 Å². The molecule has 1 heterocycles. The van der Waals surface area contributed by atoms with Crippen LogP contribution in [0.1, 0.15) is 22.5 Å². The Morgan fingerprint density at radius 3 is 1.72 bits per heavy atom. The second kappa shape index (κ2) is 9.05. The maximum absolute atomic E-state index is 12.9. The molecule has 168 valence electrons. The molecule has 0 fully saturated rings. The maximum atomic E-state index is 12.9. The van der Waals surface area contributed by atoms with Gasteiger partial charge >= 0.3 is 0 Å². The van der Waals surface area contributed by atoms with Crippen LogP contribution in [0.2, 0.25) is 0 Å². The number of guanidine groups is 1. The lowest BCUT2D eigenvalue weighted by molar-refractivity contribution is 0.592. The third kappa shape index (κ3) is 5.89. The van der Waals surface area contributed by atoms with Crippen LogP contribution in [0.25, 0.3) is 0 Å². The zero-order valence-electron chi connectivity index (χ0n) is 18.0. The van der Waals surface area contributed by atoms with Crippen molar-refractivity contribution < 1.29 is 16.8 Å². The zero-order valence-corrected chi connectivity index (χ0v) is 19.6. The average Bonchev–Trinajstić information content (AvgIpc) is 2.67. The topological polar surface area (TPSA) is 130 Å². The summed E-state index contributed by atoms with van der Waals surface area (Å²) >= 11 is 0. The van der Waals surface area contributed by atoms with Crippen molar-refractivity contribution in [3.8, 4) is 0 Å². The molecule has 3 rings (SSSR count). The fourth-order valence-electron chi connectivity index (χ4n) is 2.74. The maximum Gasteiger partial charge on any atom is 0.285 e. The molecule has 0 amide bonds.